The van der Waals surface area contributed by atoms with Crippen molar-refractivity contribution in [1.29, 1.82) is 0 Å². The van der Waals surface area contributed by atoms with Gasteiger partial charge in [-0.15, -0.1) is 0 Å². The lowest BCUT2D eigenvalue weighted by Gasteiger charge is -2.35. The van der Waals surface area contributed by atoms with E-state index in [0.29, 0.717) is 10.8 Å². The van der Waals surface area contributed by atoms with Gasteiger partial charge in [-0.3, -0.25) is 0 Å². The molecule has 46 heavy (non-hydrogen) atoms. The molecule has 0 aromatic carbocycles. The van der Waals surface area contributed by atoms with Crippen LogP contribution in [-0.4, -0.2) is 5.92 Å². The van der Waals surface area contributed by atoms with Gasteiger partial charge in [0, 0.05) is 6.42 Å². The SMILES string of the molecule is C.C.CC(C)CC(C)(C)C.CC(C)CC(C)(F)F.CC(C)CC1(C)CCCCC1.CC(C)CC1CC1.CC(C)CC1CCCCC1. The first-order valence-electron chi connectivity index (χ1n) is 19.4. The van der Waals surface area contributed by atoms with Crippen LogP contribution in [0.4, 0.5) is 8.78 Å². The summed E-state index contributed by atoms with van der Waals surface area (Å²) >= 11 is 0. The predicted octanol–water partition coefficient (Wildman–Crippen LogP) is 17.1. The standard InChI is InChI=1S/C11H22.C10H20.C8H18.C7H14.C6H12F2.2CH4/c1-10(2)9-11(3)7-5-4-6-8-11;1-9(2)8-10-6-4-3-5-7-10;1-7(2)6-8(3,4)5;1-6(2)5-7-3-4-7;1-5(2)4-6(3,7)8;;/h10H,4-9H2,1-3H3;9-10H,3-8H2,1-2H3;7H,6H2,1-5H3;6-7H,3-5H2,1-2H3;5H,4H2,1-3H3;2*1H4. The van der Waals surface area contributed by atoms with E-state index in [-0.39, 0.29) is 27.2 Å². The lowest BCUT2D eigenvalue weighted by Crippen LogP contribution is -2.21. The van der Waals surface area contributed by atoms with Gasteiger partial charge >= 0.3 is 0 Å². The fraction of sp³-hybridized carbons (Fsp3) is 1.00. The van der Waals surface area contributed by atoms with Gasteiger partial charge in [-0.05, 0) is 97.7 Å². The van der Waals surface area contributed by atoms with Gasteiger partial charge < -0.3 is 0 Å². The highest BCUT2D eigenvalue weighted by molar-refractivity contribution is 4.79. The molecule has 0 nitrogen and oxygen atoms in total. The molecule has 0 N–H and O–H groups in total. The zero-order valence-corrected chi connectivity index (χ0v) is 33.3. The molecule has 3 fully saturated rings. The molecule has 0 unspecified atom stereocenters. The predicted molar refractivity (Wildman–Crippen MR) is 211 cm³/mol. The summed E-state index contributed by atoms with van der Waals surface area (Å²) in [4.78, 5) is 0. The normalized spacial score (nSPS) is 18.1. The summed E-state index contributed by atoms with van der Waals surface area (Å²) in [7, 11) is 0. The molecule has 0 heterocycles. The number of rotatable bonds is 9. The van der Waals surface area contributed by atoms with Gasteiger partial charge in [0.1, 0.15) is 0 Å². The molecular formula is C44H94F2. The van der Waals surface area contributed by atoms with Crippen LogP contribution in [0.2, 0.25) is 0 Å². The van der Waals surface area contributed by atoms with Gasteiger partial charge in [-0.1, -0.05) is 176 Å². The third-order valence-electron chi connectivity index (χ3n) is 8.78. The van der Waals surface area contributed by atoms with Crippen molar-refractivity contribution in [2.75, 3.05) is 0 Å². The molecule has 0 spiro atoms. The van der Waals surface area contributed by atoms with Gasteiger partial charge in [-0.25, -0.2) is 8.78 Å². The van der Waals surface area contributed by atoms with Crippen LogP contribution in [0.5, 0.6) is 0 Å². The summed E-state index contributed by atoms with van der Waals surface area (Å²) in [5.41, 5.74) is 1.22. The maximum atomic E-state index is 12.0. The number of alkyl halides is 2. The Morgan fingerprint density at radius 3 is 1.13 bits per heavy atom. The molecule has 3 rings (SSSR count). The number of hydrogen-bond donors (Lipinski definition) is 0. The highest BCUT2D eigenvalue weighted by atomic mass is 19.3. The molecule has 0 atom stereocenters. The average molecular weight is 661 g/mol. The van der Waals surface area contributed by atoms with E-state index >= 15 is 0 Å². The van der Waals surface area contributed by atoms with Crippen molar-refractivity contribution in [3.8, 4) is 0 Å². The van der Waals surface area contributed by atoms with Crippen molar-refractivity contribution >= 4 is 0 Å². The smallest absolute Gasteiger partial charge is 0.207 e. The highest BCUT2D eigenvalue weighted by Gasteiger charge is 2.27. The molecule has 0 saturated heterocycles. The maximum absolute atomic E-state index is 12.0. The third kappa shape index (κ3) is 41.9. The van der Waals surface area contributed by atoms with Crippen molar-refractivity contribution in [3.63, 3.8) is 0 Å². The van der Waals surface area contributed by atoms with Gasteiger partial charge in [0.2, 0.25) is 5.92 Å². The Kier molecular flexibility index (Phi) is 31.7. The van der Waals surface area contributed by atoms with E-state index in [2.05, 4.69) is 83.1 Å². The van der Waals surface area contributed by atoms with E-state index in [0.717, 1.165) is 42.4 Å². The molecule has 0 radical (unpaired) electrons. The summed E-state index contributed by atoms with van der Waals surface area (Å²) < 4.78 is 23.9. The van der Waals surface area contributed by atoms with Crippen LogP contribution in [0.15, 0.2) is 0 Å². The van der Waals surface area contributed by atoms with E-state index in [9.17, 15) is 8.78 Å². The maximum Gasteiger partial charge on any atom is 0.245 e. The van der Waals surface area contributed by atoms with Crippen molar-refractivity contribution < 1.29 is 8.78 Å². The molecule has 3 aliphatic rings. The molecular weight excluding hydrogens is 566 g/mol. The molecule has 284 valence electrons. The van der Waals surface area contributed by atoms with Gasteiger partial charge in [0.25, 0.3) is 0 Å². The first kappa shape index (κ1) is 52.7. The van der Waals surface area contributed by atoms with E-state index < -0.39 is 5.92 Å². The fourth-order valence-electron chi connectivity index (χ4n) is 7.65. The van der Waals surface area contributed by atoms with E-state index in [1.807, 2.05) is 0 Å². The van der Waals surface area contributed by atoms with Crippen molar-refractivity contribution in [3.05, 3.63) is 0 Å². The fourth-order valence-corrected chi connectivity index (χ4v) is 7.65. The quantitative estimate of drug-likeness (QED) is 0.231. The molecule has 0 aliphatic heterocycles. The summed E-state index contributed by atoms with van der Waals surface area (Å²) in [6, 6.07) is 0. The first-order valence-corrected chi connectivity index (χ1v) is 19.4. The van der Waals surface area contributed by atoms with Crippen LogP contribution in [0.3, 0.4) is 0 Å². The van der Waals surface area contributed by atoms with Crippen LogP contribution in [0, 0.1) is 52.3 Å². The average Bonchev–Trinajstić information content (AvgIpc) is 3.61. The van der Waals surface area contributed by atoms with Crippen LogP contribution in [0.1, 0.15) is 228 Å². The first-order chi connectivity index (χ1) is 20.0. The minimum Gasteiger partial charge on any atom is -0.207 e. The molecule has 3 saturated carbocycles. The van der Waals surface area contributed by atoms with Crippen LogP contribution < -0.4 is 0 Å². The largest absolute Gasteiger partial charge is 0.245 e. The number of hydrogen-bond acceptors (Lipinski definition) is 0. The Morgan fingerprint density at radius 2 is 0.891 bits per heavy atom. The highest BCUT2D eigenvalue weighted by Crippen LogP contribution is 2.40. The van der Waals surface area contributed by atoms with Crippen molar-refractivity contribution in [2.24, 2.45) is 52.3 Å². The van der Waals surface area contributed by atoms with E-state index in [1.165, 1.54) is 103 Å². The Morgan fingerprint density at radius 1 is 0.522 bits per heavy atom. The van der Waals surface area contributed by atoms with Crippen LogP contribution >= 0.6 is 0 Å². The lowest BCUT2D eigenvalue weighted by atomic mass is 9.71. The second-order valence-electron chi connectivity index (χ2n) is 19.0. The third-order valence-corrected chi connectivity index (χ3v) is 8.78. The van der Waals surface area contributed by atoms with Crippen LogP contribution in [0.25, 0.3) is 0 Å². The molecule has 0 aromatic heterocycles. The van der Waals surface area contributed by atoms with Gasteiger partial charge in [0.15, 0.2) is 0 Å². The summed E-state index contributed by atoms with van der Waals surface area (Å²) in [5, 5.41) is 0. The Hall–Kier alpha value is -0.140. The Balaban J connectivity index is -0.000000239. The molecule has 2 heteroatoms. The minimum absolute atomic E-state index is 0. The molecule has 0 amide bonds. The van der Waals surface area contributed by atoms with Crippen molar-refractivity contribution in [1.82, 2.24) is 0 Å². The molecule has 3 aliphatic carbocycles. The van der Waals surface area contributed by atoms with E-state index in [4.69, 9.17) is 0 Å². The summed E-state index contributed by atoms with van der Waals surface area (Å²) in [6.45, 7) is 32.4. The van der Waals surface area contributed by atoms with Crippen molar-refractivity contribution in [2.45, 2.75) is 234 Å². The monoisotopic (exact) mass is 661 g/mol. The second-order valence-corrected chi connectivity index (χ2v) is 19.0. The van der Waals surface area contributed by atoms with Crippen LogP contribution in [-0.2, 0) is 0 Å². The zero-order chi connectivity index (χ0) is 34.6. The lowest BCUT2D eigenvalue weighted by molar-refractivity contribution is 0.000972. The minimum atomic E-state index is -2.48. The topological polar surface area (TPSA) is 0 Å². The molecule has 0 bridgehead atoms. The van der Waals surface area contributed by atoms with Gasteiger partial charge in [0.05, 0.1) is 0 Å². The van der Waals surface area contributed by atoms with E-state index in [1.54, 1.807) is 13.8 Å². The zero-order valence-electron chi connectivity index (χ0n) is 33.3. The summed E-state index contributed by atoms with van der Waals surface area (Å²) in [5.74, 6) is 3.40. The second kappa shape index (κ2) is 27.7. The Labute approximate surface area is 294 Å². The Bertz CT molecular complexity index is 595. The molecule has 0 aromatic rings. The number of halogens is 2. The van der Waals surface area contributed by atoms with Gasteiger partial charge in [-0.2, -0.15) is 0 Å². The summed E-state index contributed by atoms with van der Waals surface area (Å²) in [6.07, 6.45) is 23.6.